The number of nitrogens with zero attached hydrogens (tertiary/aromatic N) is 1. The van der Waals surface area contributed by atoms with Gasteiger partial charge in [-0.15, -0.1) is 0 Å². The zero-order valence-corrected chi connectivity index (χ0v) is 25.0. The van der Waals surface area contributed by atoms with Gasteiger partial charge in [0.2, 0.25) is 17.7 Å². The Morgan fingerprint density at radius 2 is 1.77 bits per heavy atom. The molecule has 0 radical (unpaired) electrons. The standard InChI is InChI=1S/C31H38BrN3O5/c1-17(2)13-21(16-36)35-27(29(38)34-25-18(3)9-8-10-19(25)4)31-14-22(32)26(40-31)23(24(31)30(35)39)28(37)33-15-20-11-6-5-7-12-20/h5-12,17,21-24,26-27,36H,13-16H2,1-4H3,(H,33,37)(H,34,38)/t21-,22?,23-,24+,26-,27?,31?/m1/s1. The van der Waals surface area contributed by atoms with Crippen molar-refractivity contribution >= 4 is 39.3 Å². The van der Waals surface area contributed by atoms with Gasteiger partial charge in [-0.25, -0.2) is 0 Å². The lowest BCUT2D eigenvalue weighted by Gasteiger charge is -2.37. The number of para-hydroxylation sites is 1. The number of halogens is 1. The molecule has 0 aliphatic carbocycles. The van der Waals surface area contributed by atoms with Crippen molar-refractivity contribution < 1.29 is 24.2 Å². The van der Waals surface area contributed by atoms with Crippen molar-refractivity contribution in [3.05, 3.63) is 65.2 Å². The minimum absolute atomic E-state index is 0.177. The molecular weight excluding hydrogens is 574 g/mol. The monoisotopic (exact) mass is 611 g/mol. The Labute approximate surface area is 244 Å². The molecule has 0 aromatic heterocycles. The summed E-state index contributed by atoms with van der Waals surface area (Å²) in [5, 5.41) is 16.5. The molecule has 3 unspecified atom stereocenters. The lowest BCUT2D eigenvalue weighted by Crippen LogP contribution is -2.57. The second kappa shape index (κ2) is 11.3. The fraction of sp³-hybridized carbons (Fsp3) is 0.516. The van der Waals surface area contributed by atoms with E-state index in [0.29, 0.717) is 25.1 Å². The summed E-state index contributed by atoms with van der Waals surface area (Å²) in [6.45, 7) is 7.93. The molecule has 40 heavy (non-hydrogen) atoms. The topological polar surface area (TPSA) is 108 Å². The van der Waals surface area contributed by atoms with Gasteiger partial charge in [-0.3, -0.25) is 14.4 Å². The van der Waals surface area contributed by atoms with Gasteiger partial charge in [0, 0.05) is 17.1 Å². The number of rotatable bonds is 9. The van der Waals surface area contributed by atoms with Crippen molar-refractivity contribution in [2.45, 2.75) is 75.7 Å². The Bertz CT molecular complexity index is 1270. The Hall–Kier alpha value is -2.75. The van der Waals surface area contributed by atoms with Crippen molar-refractivity contribution in [1.29, 1.82) is 0 Å². The van der Waals surface area contributed by atoms with Crippen LogP contribution in [0.4, 0.5) is 5.69 Å². The molecule has 3 saturated heterocycles. The van der Waals surface area contributed by atoms with Crippen molar-refractivity contribution in [1.82, 2.24) is 10.2 Å². The van der Waals surface area contributed by atoms with Crippen LogP contribution in [0.1, 0.15) is 43.4 Å². The molecule has 3 aliphatic heterocycles. The smallest absolute Gasteiger partial charge is 0.250 e. The van der Waals surface area contributed by atoms with Gasteiger partial charge in [0.05, 0.1) is 30.6 Å². The van der Waals surface area contributed by atoms with Gasteiger partial charge in [-0.1, -0.05) is 78.3 Å². The van der Waals surface area contributed by atoms with Crippen LogP contribution in [0, 0.1) is 31.6 Å². The van der Waals surface area contributed by atoms with Crippen LogP contribution in [-0.4, -0.2) is 63.0 Å². The number of hydrogen-bond acceptors (Lipinski definition) is 5. The number of likely N-dealkylation sites (tertiary alicyclic amines) is 1. The van der Waals surface area contributed by atoms with Crippen LogP contribution in [0.15, 0.2) is 48.5 Å². The molecule has 3 aliphatic rings. The number of carbonyl (C=O) groups excluding carboxylic acids is 3. The normalized spacial score (nSPS) is 29.5. The number of carbonyl (C=O) groups is 3. The van der Waals surface area contributed by atoms with E-state index in [1.807, 2.05) is 76.2 Å². The van der Waals surface area contributed by atoms with Crippen LogP contribution in [0.2, 0.25) is 0 Å². The number of aliphatic hydroxyl groups excluding tert-OH is 1. The van der Waals surface area contributed by atoms with Gasteiger partial charge in [-0.2, -0.15) is 0 Å². The first-order valence-corrected chi connectivity index (χ1v) is 14.9. The van der Waals surface area contributed by atoms with Crippen molar-refractivity contribution in [2.75, 3.05) is 11.9 Å². The minimum atomic E-state index is -1.18. The van der Waals surface area contributed by atoms with Crippen LogP contribution in [0.5, 0.6) is 0 Å². The highest BCUT2D eigenvalue weighted by Gasteiger charge is 2.77. The van der Waals surface area contributed by atoms with E-state index in [9.17, 15) is 19.5 Å². The zero-order valence-electron chi connectivity index (χ0n) is 23.4. The molecule has 1 spiro atoms. The van der Waals surface area contributed by atoms with Crippen LogP contribution in [0.25, 0.3) is 0 Å². The first-order chi connectivity index (χ1) is 19.1. The summed E-state index contributed by atoms with van der Waals surface area (Å²) in [5.74, 6) is -2.33. The SMILES string of the molecule is Cc1cccc(C)c1NC(=O)C1N([C@@H](CO)CC(C)C)C(=O)[C@@H]2[C@@H](C(=O)NCc3ccccc3)[C@@H]3OC12CC3Br. The number of ether oxygens (including phenoxy) is 1. The number of amides is 3. The zero-order chi connectivity index (χ0) is 28.8. The highest BCUT2D eigenvalue weighted by Crippen LogP contribution is 2.60. The molecule has 214 valence electrons. The highest BCUT2D eigenvalue weighted by atomic mass is 79.9. The van der Waals surface area contributed by atoms with E-state index >= 15 is 0 Å². The predicted molar refractivity (Wildman–Crippen MR) is 156 cm³/mol. The van der Waals surface area contributed by atoms with E-state index in [-0.39, 0.29) is 35.1 Å². The van der Waals surface area contributed by atoms with Gasteiger partial charge >= 0.3 is 0 Å². The van der Waals surface area contributed by atoms with Crippen LogP contribution >= 0.6 is 15.9 Å². The maximum Gasteiger partial charge on any atom is 0.250 e. The number of alkyl halides is 1. The molecule has 5 rings (SSSR count). The fourth-order valence-electron chi connectivity index (χ4n) is 6.99. The third-order valence-electron chi connectivity index (χ3n) is 8.66. The minimum Gasteiger partial charge on any atom is -0.394 e. The van der Waals surface area contributed by atoms with E-state index < -0.39 is 35.6 Å². The average Bonchev–Trinajstić information content (AvgIpc) is 3.51. The number of fused-ring (bicyclic) bond motifs is 1. The molecule has 3 fully saturated rings. The average molecular weight is 613 g/mol. The maximum atomic E-state index is 14.3. The maximum absolute atomic E-state index is 14.3. The molecule has 2 aromatic rings. The number of aryl methyl sites for hydroxylation is 2. The van der Waals surface area contributed by atoms with Gasteiger partial charge in [0.25, 0.3) is 0 Å². The van der Waals surface area contributed by atoms with E-state index in [4.69, 9.17) is 4.74 Å². The lowest BCUT2D eigenvalue weighted by molar-refractivity contribution is -0.144. The van der Waals surface area contributed by atoms with Crippen LogP contribution < -0.4 is 10.6 Å². The summed E-state index contributed by atoms with van der Waals surface area (Å²) in [7, 11) is 0. The summed E-state index contributed by atoms with van der Waals surface area (Å²) < 4.78 is 6.60. The van der Waals surface area contributed by atoms with E-state index in [2.05, 4.69) is 26.6 Å². The molecule has 0 saturated carbocycles. The predicted octanol–water partition coefficient (Wildman–Crippen LogP) is 3.71. The summed E-state index contributed by atoms with van der Waals surface area (Å²) in [4.78, 5) is 43.6. The lowest BCUT2D eigenvalue weighted by atomic mass is 9.70. The Kier molecular flexibility index (Phi) is 8.10. The Morgan fingerprint density at radius 3 is 2.40 bits per heavy atom. The number of nitrogens with one attached hydrogen (secondary N) is 2. The number of hydrogen-bond donors (Lipinski definition) is 3. The fourth-order valence-corrected chi connectivity index (χ4v) is 7.93. The number of anilines is 1. The molecule has 3 heterocycles. The number of benzene rings is 2. The first-order valence-electron chi connectivity index (χ1n) is 14.0. The molecule has 2 bridgehead atoms. The Morgan fingerprint density at radius 1 is 1.10 bits per heavy atom. The molecule has 7 atom stereocenters. The second-order valence-electron chi connectivity index (χ2n) is 11.8. The van der Waals surface area contributed by atoms with Gasteiger partial charge < -0.3 is 25.4 Å². The summed E-state index contributed by atoms with van der Waals surface area (Å²) in [6.07, 6.45) is 0.391. The molecular formula is C31H38BrN3O5. The van der Waals surface area contributed by atoms with Crippen molar-refractivity contribution in [3.63, 3.8) is 0 Å². The van der Waals surface area contributed by atoms with Crippen molar-refractivity contribution in [2.24, 2.45) is 17.8 Å². The van der Waals surface area contributed by atoms with Crippen LogP contribution in [-0.2, 0) is 25.7 Å². The highest BCUT2D eigenvalue weighted by molar-refractivity contribution is 9.09. The second-order valence-corrected chi connectivity index (χ2v) is 13.0. The largest absolute Gasteiger partial charge is 0.394 e. The molecule has 3 amide bonds. The molecule has 3 N–H and O–H groups in total. The number of aliphatic hydroxyl groups is 1. The Balaban J connectivity index is 1.52. The van der Waals surface area contributed by atoms with Crippen LogP contribution in [0.3, 0.4) is 0 Å². The van der Waals surface area contributed by atoms with Gasteiger partial charge in [0.1, 0.15) is 11.6 Å². The van der Waals surface area contributed by atoms with E-state index in [0.717, 1.165) is 16.7 Å². The molecule has 8 nitrogen and oxygen atoms in total. The molecule has 2 aromatic carbocycles. The summed E-state index contributed by atoms with van der Waals surface area (Å²) >= 11 is 3.72. The third kappa shape index (κ3) is 4.86. The third-order valence-corrected chi connectivity index (χ3v) is 9.51. The van der Waals surface area contributed by atoms with E-state index in [1.54, 1.807) is 0 Å². The first kappa shape index (κ1) is 28.8. The quantitative estimate of drug-likeness (QED) is 0.375. The van der Waals surface area contributed by atoms with E-state index in [1.165, 1.54) is 4.90 Å². The van der Waals surface area contributed by atoms with Gasteiger partial charge in [-0.05, 0) is 49.3 Å². The van der Waals surface area contributed by atoms with Gasteiger partial charge in [0.15, 0.2) is 0 Å². The summed E-state index contributed by atoms with van der Waals surface area (Å²) in [6, 6.07) is 13.8. The summed E-state index contributed by atoms with van der Waals surface area (Å²) in [5.41, 5.74) is 2.28. The van der Waals surface area contributed by atoms with Crippen molar-refractivity contribution in [3.8, 4) is 0 Å². The molecule has 9 heteroatoms.